The monoisotopic (exact) mass is 320 g/mol. The van der Waals surface area contributed by atoms with Crippen molar-refractivity contribution in [3.8, 4) is 0 Å². The summed E-state index contributed by atoms with van der Waals surface area (Å²) in [6.45, 7) is 0.852. The van der Waals surface area contributed by atoms with Gasteiger partial charge >= 0.3 is 17.2 Å². The van der Waals surface area contributed by atoms with Gasteiger partial charge in [0.2, 0.25) is 0 Å². The number of hydrogen-bond acceptors (Lipinski definition) is 4. The van der Waals surface area contributed by atoms with E-state index < -0.39 is 34.5 Å². The number of hydrogen-bond donors (Lipinski definition) is 1. The molecule has 0 radical (unpaired) electrons. The van der Waals surface area contributed by atoms with Crippen molar-refractivity contribution in [2.75, 3.05) is 0 Å². The largest absolute Gasteiger partial charge is 0.480 e. The molecule has 0 bridgehead atoms. The van der Waals surface area contributed by atoms with Crippen molar-refractivity contribution >= 4 is 11.7 Å². The minimum Gasteiger partial charge on any atom is -0.480 e. The van der Waals surface area contributed by atoms with Gasteiger partial charge in [0.1, 0.15) is 12.4 Å². The molecule has 0 aliphatic heterocycles. The van der Waals surface area contributed by atoms with Crippen LogP contribution in [0.3, 0.4) is 0 Å². The van der Waals surface area contributed by atoms with Crippen LogP contribution in [0.5, 0.6) is 0 Å². The molecule has 0 aliphatic carbocycles. The predicted molar refractivity (Wildman–Crippen MR) is 78.9 cm³/mol. The van der Waals surface area contributed by atoms with Gasteiger partial charge in [-0.1, -0.05) is 12.1 Å². The number of aliphatic carboxylic acids is 1. The van der Waals surface area contributed by atoms with Crippen LogP contribution < -0.4 is 5.56 Å². The van der Waals surface area contributed by atoms with E-state index in [1.807, 2.05) is 0 Å². The first kappa shape index (κ1) is 16.3. The molecule has 0 saturated carbocycles. The zero-order valence-corrected chi connectivity index (χ0v) is 12.2. The third-order valence-corrected chi connectivity index (χ3v) is 3.34. The second kappa shape index (κ2) is 6.39. The molecule has 1 N–H and O–H groups in total. The van der Waals surface area contributed by atoms with E-state index in [9.17, 15) is 24.1 Å². The highest BCUT2D eigenvalue weighted by atomic mass is 19.1. The number of aryl methyl sites for hydroxylation is 1. The quantitative estimate of drug-likeness (QED) is 0.669. The van der Waals surface area contributed by atoms with Crippen molar-refractivity contribution < 1.29 is 19.2 Å². The molecule has 2 rings (SSSR count). The predicted octanol–water partition coefficient (Wildman–Crippen LogP) is 1.88. The molecule has 120 valence electrons. The van der Waals surface area contributed by atoms with E-state index >= 15 is 0 Å². The number of carboxylic acid groups (broad SMARTS) is 1. The fourth-order valence-electron chi connectivity index (χ4n) is 2.31. The summed E-state index contributed by atoms with van der Waals surface area (Å²) in [5, 5.41) is 20.0. The fourth-order valence-corrected chi connectivity index (χ4v) is 2.31. The molecule has 1 aromatic carbocycles. The standard InChI is InChI=1S/C15H13FN2O5/c1-9-6-11(7-10-2-4-12(16)5-3-10)14(18(22)23)15(21)17(9)8-13(19)20/h2-6H,7-8H2,1H3,(H,19,20). The second-order valence-electron chi connectivity index (χ2n) is 5.00. The van der Waals surface area contributed by atoms with Gasteiger partial charge in [0, 0.05) is 17.7 Å². The van der Waals surface area contributed by atoms with Gasteiger partial charge in [-0.3, -0.25) is 24.3 Å². The average Bonchev–Trinajstić information content (AvgIpc) is 2.45. The smallest absolute Gasteiger partial charge is 0.337 e. The lowest BCUT2D eigenvalue weighted by Crippen LogP contribution is -2.29. The third kappa shape index (κ3) is 3.60. The summed E-state index contributed by atoms with van der Waals surface area (Å²) in [4.78, 5) is 33.4. The minimum atomic E-state index is -1.27. The number of aromatic nitrogens is 1. The Balaban J connectivity index is 2.55. The summed E-state index contributed by atoms with van der Waals surface area (Å²) in [5.41, 5.74) is -0.564. The summed E-state index contributed by atoms with van der Waals surface area (Å²) in [7, 11) is 0. The lowest BCUT2D eigenvalue weighted by Gasteiger charge is -2.10. The second-order valence-corrected chi connectivity index (χ2v) is 5.00. The van der Waals surface area contributed by atoms with Crippen LogP contribution in [0.1, 0.15) is 16.8 Å². The number of carbonyl (C=O) groups is 1. The average molecular weight is 320 g/mol. The van der Waals surface area contributed by atoms with Gasteiger partial charge in [-0.2, -0.15) is 0 Å². The molecule has 0 unspecified atom stereocenters. The molecule has 7 nitrogen and oxygen atoms in total. The SMILES string of the molecule is Cc1cc(Cc2ccc(F)cc2)c([N+](=O)[O-])c(=O)n1CC(=O)O. The van der Waals surface area contributed by atoms with Crippen LogP contribution in [-0.4, -0.2) is 20.6 Å². The van der Waals surface area contributed by atoms with E-state index in [0.29, 0.717) is 11.3 Å². The van der Waals surface area contributed by atoms with E-state index in [-0.39, 0.29) is 12.0 Å². The Morgan fingerprint density at radius 2 is 1.96 bits per heavy atom. The molecule has 8 heteroatoms. The first-order valence-corrected chi connectivity index (χ1v) is 6.63. The lowest BCUT2D eigenvalue weighted by molar-refractivity contribution is -0.387. The van der Waals surface area contributed by atoms with Crippen LogP contribution >= 0.6 is 0 Å². The van der Waals surface area contributed by atoms with Crippen LogP contribution in [0, 0.1) is 22.9 Å². The molecular weight excluding hydrogens is 307 g/mol. The van der Waals surface area contributed by atoms with Gasteiger partial charge in [0.05, 0.1) is 4.92 Å². The number of nitrogens with zero attached hydrogens (tertiary/aromatic N) is 2. The number of nitro groups is 1. The molecule has 1 aromatic heterocycles. The van der Waals surface area contributed by atoms with Crippen LogP contribution in [0.15, 0.2) is 35.1 Å². The molecule has 23 heavy (non-hydrogen) atoms. The molecule has 2 aromatic rings. The van der Waals surface area contributed by atoms with Gasteiger partial charge < -0.3 is 5.11 Å². The van der Waals surface area contributed by atoms with Crippen LogP contribution in [0.25, 0.3) is 0 Å². The first-order valence-electron chi connectivity index (χ1n) is 6.63. The van der Waals surface area contributed by atoms with Gasteiger partial charge in [-0.15, -0.1) is 0 Å². The van der Waals surface area contributed by atoms with E-state index in [4.69, 9.17) is 5.11 Å². The Hall–Kier alpha value is -3.03. The Bertz CT molecular complexity index is 827. The molecule has 0 atom stereocenters. The van der Waals surface area contributed by atoms with Crippen molar-refractivity contribution in [2.24, 2.45) is 0 Å². The van der Waals surface area contributed by atoms with Crippen molar-refractivity contribution in [1.82, 2.24) is 4.57 Å². The molecule has 1 heterocycles. The number of carboxylic acids is 1. The molecule has 0 aliphatic rings. The summed E-state index contributed by atoms with van der Waals surface area (Å²) in [5.74, 6) is -1.70. The van der Waals surface area contributed by atoms with Crippen molar-refractivity contribution in [2.45, 2.75) is 19.9 Å². The molecular formula is C15H13FN2O5. The number of benzene rings is 1. The summed E-state index contributed by atoms with van der Waals surface area (Å²) in [6.07, 6.45) is 0.0700. The van der Waals surface area contributed by atoms with Gasteiger partial charge in [-0.05, 0) is 30.7 Å². The van der Waals surface area contributed by atoms with Crippen LogP contribution in [-0.2, 0) is 17.8 Å². The molecule has 0 amide bonds. The van der Waals surface area contributed by atoms with Gasteiger partial charge in [0.25, 0.3) is 0 Å². The highest BCUT2D eigenvalue weighted by Crippen LogP contribution is 2.19. The zero-order chi connectivity index (χ0) is 17.1. The minimum absolute atomic E-state index is 0.0700. The van der Waals surface area contributed by atoms with Crippen molar-refractivity contribution in [3.63, 3.8) is 0 Å². The summed E-state index contributed by atoms with van der Waals surface area (Å²) in [6, 6.07) is 6.79. The number of pyridine rings is 1. The zero-order valence-electron chi connectivity index (χ0n) is 12.2. The maximum atomic E-state index is 12.9. The Morgan fingerprint density at radius 1 is 1.35 bits per heavy atom. The normalized spacial score (nSPS) is 10.5. The Morgan fingerprint density at radius 3 is 2.48 bits per heavy atom. The van der Waals surface area contributed by atoms with E-state index in [1.165, 1.54) is 37.3 Å². The van der Waals surface area contributed by atoms with Crippen LogP contribution in [0.4, 0.5) is 10.1 Å². The van der Waals surface area contributed by atoms with Crippen molar-refractivity contribution in [3.05, 3.63) is 73.4 Å². The summed E-state index contributed by atoms with van der Waals surface area (Å²) < 4.78 is 13.8. The number of rotatable bonds is 5. The third-order valence-electron chi connectivity index (χ3n) is 3.34. The first-order chi connectivity index (χ1) is 10.8. The number of halogens is 1. The lowest BCUT2D eigenvalue weighted by atomic mass is 10.0. The maximum absolute atomic E-state index is 12.9. The van der Waals surface area contributed by atoms with E-state index in [1.54, 1.807) is 0 Å². The van der Waals surface area contributed by atoms with E-state index in [2.05, 4.69) is 0 Å². The van der Waals surface area contributed by atoms with E-state index in [0.717, 1.165) is 4.57 Å². The van der Waals surface area contributed by atoms with Crippen LogP contribution in [0.2, 0.25) is 0 Å². The maximum Gasteiger partial charge on any atom is 0.337 e. The molecule has 0 saturated heterocycles. The van der Waals surface area contributed by atoms with Gasteiger partial charge in [0.15, 0.2) is 0 Å². The summed E-state index contributed by atoms with van der Waals surface area (Å²) >= 11 is 0. The highest BCUT2D eigenvalue weighted by molar-refractivity contribution is 5.66. The fraction of sp³-hybridized carbons (Fsp3) is 0.200. The van der Waals surface area contributed by atoms with Gasteiger partial charge in [-0.25, -0.2) is 4.39 Å². The molecule has 0 spiro atoms. The highest BCUT2D eigenvalue weighted by Gasteiger charge is 2.23. The topological polar surface area (TPSA) is 102 Å². The molecule has 0 fully saturated rings. The Kier molecular flexibility index (Phi) is 4.54. The Labute approximate surface area is 129 Å². The van der Waals surface area contributed by atoms with Crippen molar-refractivity contribution in [1.29, 1.82) is 0 Å².